The Morgan fingerprint density at radius 3 is 2.09 bits per heavy atom. The standard InChI is InChI=1S/C42H45N3O9S/c46-42(47)38-20-18-33(31-44-38)17-19-35-13-6-7-15-37(35)45-55(48,49)40-16-10-14-36-39(21-22-43-41(36)40)54-30-29-52-28-27-51-26-25-50-23-8-1-2-9-24-53-32-34-11-4-3-5-12-34/h3-7,10-16,18,20-22,31,45H,1-2,8-9,23-30,32H2,(H,46,47). The number of rotatable bonds is 23. The van der Waals surface area contributed by atoms with E-state index in [9.17, 15) is 13.2 Å². The van der Waals surface area contributed by atoms with E-state index in [1.54, 1.807) is 42.5 Å². The van der Waals surface area contributed by atoms with E-state index < -0.39 is 16.0 Å². The van der Waals surface area contributed by atoms with Crippen LogP contribution in [0.4, 0.5) is 5.69 Å². The third kappa shape index (κ3) is 13.5. The molecule has 0 aliphatic carbocycles. The minimum atomic E-state index is -4.10. The number of benzene rings is 3. The molecule has 0 bridgehead atoms. The van der Waals surface area contributed by atoms with Crippen molar-refractivity contribution in [3.63, 3.8) is 0 Å². The molecule has 5 aromatic rings. The molecule has 3 aromatic carbocycles. The van der Waals surface area contributed by atoms with Gasteiger partial charge < -0.3 is 28.8 Å². The first kappa shape index (κ1) is 40.8. The number of carbonyl (C=O) groups is 1. The number of anilines is 1. The van der Waals surface area contributed by atoms with Crippen LogP contribution < -0.4 is 9.46 Å². The minimum Gasteiger partial charge on any atom is -0.490 e. The zero-order chi connectivity index (χ0) is 38.6. The van der Waals surface area contributed by atoms with E-state index in [4.69, 9.17) is 28.8 Å². The van der Waals surface area contributed by atoms with E-state index in [-0.39, 0.29) is 28.4 Å². The number of sulfonamides is 1. The minimum absolute atomic E-state index is 0.0238. The molecule has 0 fully saturated rings. The first-order chi connectivity index (χ1) is 26.9. The van der Waals surface area contributed by atoms with Gasteiger partial charge in [0.1, 0.15) is 22.9 Å². The van der Waals surface area contributed by atoms with Crippen molar-refractivity contribution < 1.29 is 42.0 Å². The predicted molar refractivity (Wildman–Crippen MR) is 209 cm³/mol. The summed E-state index contributed by atoms with van der Waals surface area (Å²) in [6.45, 7) is 4.59. The fourth-order valence-corrected chi connectivity index (χ4v) is 6.61. The molecule has 0 aliphatic rings. The molecule has 0 aliphatic heterocycles. The van der Waals surface area contributed by atoms with Gasteiger partial charge in [-0.15, -0.1) is 0 Å². The average molecular weight is 768 g/mol. The van der Waals surface area contributed by atoms with Crippen molar-refractivity contribution in [2.45, 2.75) is 37.2 Å². The summed E-state index contributed by atoms with van der Waals surface area (Å²) in [5.41, 5.74) is 2.52. The summed E-state index contributed by atoms with van der Waals surface area (Å²) in [7, 11) is -4.10. The number of carboxylic acids is 1. The van der Waals surface area contributed by atoms with E-state index in [0.29, 0.717) is 68.5 Å². The maximum atomic E-state index is 13.7. The second kappa shape index (κ2) is 22.1. The number of nitrogens with zero attached hydrogens (tertiary/aromatic N) is 2. The number of pyridine rings is 2. The molecule has 2 heterocycles. The van der Waals surface area contributed by atoms with E-state index in [2.05, 4.69) is 38.7 Å². The lowest BCUT2D eigenvalue weighted by Crippen LogP contribution is -2.15. The molecule has 0 atom stereocenters. The number of para-hydroxylation sites is 2. The van der Waals surface area contributed by atoms with Crippen LogP contribution in [-0.4, -0.2) is 82.3 Å². The Balaban J connectivity index is 0.983. The number of hydrogen-bond acceptors (Lipinski definition) is 10. The molecule has 0 saturated carbocycles. The largest absolute Gasteiger partial charge is 0.490 e. The lowest BCUT2D eigenvalue weighted by molar-refractivity contribution is 0.00879. The van der Waals surface area contributed by atoms with Crippen molar-refractivity contribution in [1.82, 2.24) is 9.97 Å². The van der Waals surface area contributed by atoms with Gasteiger partial charge in [0, 0.05) is 42.1 Å². The topological polar surface area (TPSA) is 155 Å². The Hall–Kier alpha value is -5.36. The van der Waals surface area contributed by atoms with Gasteiger partial charge in [-0.3, -0.25) is 9.71 Å². The summed E-state index contributed by atoms with van der Waals surface area (Å²) in [6, 6.07) is 26.3. The number of nitrogens with one attached hydrogen (secondary N) is 1. The van der Waals surface area contributed by atoms with Crippen molar-refractivity contribution in [2.75, 3.05) is 57.6 Å². The number of ether oxygens (including phenoxy) is 5. The van der Waals surface area contributed by atoms with Gasteiger partial charge in [-0.2, -0.15) is 0 Å². The van der Waals surface area contributed by atoms with Crippen molar-refractivity contribution >= 4 is 32.6 Å². The number of fused-ring (bicyclic) bond motifs is 1. The van der Waals surface area contributed by atoms with Gasteiger partial charge in [0.05, 0.1) is 50.8 Å². The predicted octanol–water partition coefficient (Wildman–Crippen LogP) is 6.73. The maximum absolute atomic E-state index is 13.7. The molecule has 0 amide bonds. The van der Waals surface area contributed by atoms with E-state index in [0.717, 1.165) is 32.3 Å². The number of unbranched alkanes of at least 4 members (excludes halogenated alkanes) is 3. The fourth-order valence-electron chi connectivity index (χ4n) is 5.36. The zero-order valence-corrected chi connectivity index (χ0v) is 31.3. The Kier molecular flexibility index (Phi) is 16.4. The van der Waals surface area contributed by atoms with Gasteiger partial charge >= 0.3 is 5.97 Å². The molecule has 0 unspecified atom stereocenters. The van der Waals surface area contributed by atoms with Crippen LogP contribution in [-0.2, 0) is 35.6 Å². The van der Waals surface area contributed by atoms with Gasteiger partial charge in [-0.25, -0.2) is 18.2 Å². The molecule has 2 N–H and O–H groups in total. The van der Waals surface area contributed by atoms with Crippen LogP contribution >= 0.6 is 0 Å². The van der Waals surface area contributed by atoms with Gasteiger partial charge in [0.25, 0.3) is 10.0 Å². The summed E-state index contributed by atoms with van der Waals surface area (Å²) in [5.74, 6) is 5.17. The van der Waals surface area contributed by atoms with Crippen LogP contribution in [0.1, 0.15) is 52.9 Å². The quantitative estimate of drug-likeness (QED) is 0.0537. The van der Waals surface area contributed by atoms with E-state index in [1.165, 1.54) is 36.2 Å². The fraction of sp³-hybridized carbons (Fsp3) is 0.310. The highest BCUT2D eigenvalue weighted by molar-refractivity contribution is 7.93. The van der Waals surface area contributed by atoms with Crippen LogP contribution in [0.15, 0.2) is 108 Å². The first-order valence-corrected chi connectivity index (χ1v) is 19.6. The van der Waals surface area contributed by atoms with Crippen molar-refractivity contribution in [2.24, 2.45) is 0 Å². The molecule has 55 heavy (non-hydrogen) atoms. The monoisotopic (exact) mass is 767 g/mol. The van der Waals surface area contributed by atoms with Gasteiger partial charge in [0.15, 0.2) is 0 Å². The van der Waals surface area contributed by atoms with Crippen LogP contribution in [0.3, 0.4) is 0 Å². The summed E-state index contributed by atoms with van der Waals surface area (Å²) in [5, 5.41) is 9.60. The van der Waals surface area contributed by atoms with Crippen LogP contribution in [0.25, 0.3) is 10.9 Å². The van der Waals surface area contributed by atoms with Gasteiger partial charge in [-0.05, 0) is 60.9 Å². The average Bonchev–Trinajstić information content (AvgIpc) is 3.20. The molecule has 0 saturated heterocycles. The third-order valence-corrected chi connectivity index (χ3v) is 9.54. The smallest absolute Gasteiger partial charge is 0.354 e. The molecule has 12 nitrogen and oxygen atoms in total. The molecule has 0 spiro atoms. The van der Waals surface area contributed by atoms with Crippen molar-refractivity contribution in [1.29, 1.82) is 0 Å². The Morgan fingerprint density at radius 1 is 0.673 bits per heavy atom. The second-order valence-electron chi connectivity index (χ2n) is 12.2. The van der Waals surface area contributed by atoms with Crippen molar-refractivity contribution in [3.05, 3.63) is 126 Å². The normalized spacial score (nSPS) is 11.2. The third-order valence-electron chi connectivity index (χ3n) is 8.15. The number of aromatic carboxylic acids is 1. The van der Waals surface area contributed by atoms with Gasteiger partial charge in [-0.1, -0.05) is 73.2 Å². The molecule has 13 heteroatoms. The molecular weight excluding hydrogens is 723 g/mol. The SMILES string of the molecule is O=C(O)c1ccc(C#Cc2ccccc2NS(=O)(=O)c2cccc3c(OCCOCCOCCOCCCCCCOCc4ccccc4)ccnc23)cn1. The summed E-state index contributed by atoms with van der Waals surface area (Å²) < 4.78 is 58.6. The second-order valence-corrected chi connectivity index (χ2v) is 13.9. The Bertz CT molecular complexity index is 2120. The molecule has 5 rings (SSSR count). The Morgan fingerprint density at radius 2 is 1.36 bits per heavy atom. The van der Waals surface area contributed by atoms with Crippen LogP contribution in [0.2, 0.25) is 0 Å². The zero-order valence-electron chi connectivity index (χ0n) is 30.5. The molecular formula is C42H45N3O9S. The first-order valence-electron chi connectivity index (χ1n) is 18.1. The highest BCUT2D eigenvalue weighted by atomic mass is 32.2. The lowest BCUT2D eigenvalue weighted by atomic mass is 10.1. The Labute approximate surface area is 321 Å². The number of aromatic nitrogens is 2. The molecule has 288 valence electrons. The highest BCUT2D eigenvalue weighted by Gasteiger charge is 2.21. The van der Waals surface area contributed by atoms with E-state index in [1.807, 2.05) is 18.2 Å². The number of hydrogen-bond donors (Lipinski definition) is 2. The summed E-state index contributed by atoms with van der Waals surface area (Å²) >= 11 is 0. The van der Waals surface area contributed by atoms with Crippen LogP contribution in [0, 0.1) is 11.8 Å². The number of carboxylic acid groups (broad SMARTS) is 1. The van der Waals surface area contributed by atoms with Gasteiger partial charge in [0.2, 0.25) is 0 Å². The van der Waals surface area contributed by atoms with E-state index >= 15 is 0 Å². The lowest BCUT2D eigenvalue weighted by Gasteiger charge is -2.13. The van der Waals surface area contributed by atoms with Crippen LogP contribution in [0.5, 0.6) is 5.75 Å². The highest BCUT2D eigenvalue weighted by Crippen LogP contribution is 2.30. The molecule has 2 aromatic heterocycles. The van der Waals surface area contributed by atoms with Crippen molar-refractivity contribution in [3.8, 4) is 17.6 Å². The molecule has 0 radical (unpaired) electrons. The maximum Gasteiger partial charge on any atom is 0.354 e. The summed E-state index contributed by atoms with van der Waals surface area (Å²) in [6.07, 6.45) is 7.15. The summed E-state index contributed by atoms with van der Waals surface area (Å²) in [4.78, 5) is 19.3.